The first-order valence-electron chi connectivity index (χ1n) is 6.93. The van der Waals surface area contributed by atoms with Gasteiger partial charge in [-0.3, -0.25) is 4.31 Å². The monoisotopic (exact) mass is 305 g/mol. The van der Waals surface area contributed by atoms with Crippen LogP contribution in [0.25, 0.3) is 0 Å². The zero-order valence-corrected chi connectivity index (χ0v) is 13.0. The zero-order chi connectivity index (χ0) is 15.2. The summed E-state index contributed by atoms with van der Waals surface area (Å²) in [6, 6.07) is 9.24. The van der Waals surface area contributed by atoms with Crippen molar-refractivity contribution < 1.29 is 8.42 Å². The average Bonchev–Trinajstić information content (AvgIpc) is 2.98. The van der Waals surface area contributed by atoms with E-state index in [-0.39, 0.29) is 6.04 Å². The fraction of sp³-hybridized carbons (Fsp3) is 0.333. The number of para-hydroxylation sites is 1. The van der Waals surface area contributed by atoms with Gasteiger partial charge >= 0.3 is 0 Å². The fourth-order valence-electron chi connectivity index (χ4n) is 2.94. The lowest BCUT2D eigenvalue weighted by Gasteiger charge is -2.23. The van der Waals surface area contributed by atoms with Crippen LogP contribution in [-0.4, -0.2) is 19.0 Å². The molecule has 5 nitrogen and oxygen atoms in total. The predicted octanol–water partition coefficient (Wildman–Crippen LogP) is 1.62. The molecule has 0 saturated carbocycles. The van der Waals surface area contributed by atoms with E-state index >= 15 is 0 Å². The Morgan fingerprint density at radius 3 is 2.71 bits per heavy atom. The average molecular weight is 305 g/mol. The normalized spacial score (nSPS) is 18.0. The van der Waals surface area contributed by atoms with Crippen LogP contribution in [0.1, 0.15) is 18.2 Å². The van der Waals surface area contributed by atoms with E-state index in [2.05, 4.69) is 0 Å². The summed E-state index contributed by atoms with van der Waals surface area (Å²) >= 11 is 0. The van der Waals surface area contributed by atoms with Crippen molar-refractivity contribution in [1.82, 2.24) is 4.57 Å². The van der Waals surface area contributed by atoms with E-state index in [9.17, 15) is 8.42 Å². The van der Waals surface area contributed by atoms with Gasteiger partial charge in [0.1, 0.15) is 4.90 Å². The molecule has 1 aromatic heterocycles. The number of hydrogen-bond acceptors (Lipinski definition) is 3. The molecule has 1 atom stereocenters. The second kappa shape index (κ2) is 4.89. The maximum atomic E-state index is 13.0. The highest BCUT2D eigenvalue weighted by atomic mass is 32.2. The minimum Gasteiger partial charge on any atom is -0.352 e. The van der Waals surface area contributed by atoms with Crippen molar-refractivity contribution in [2.24, 2.45) is 12.8 Å². The number of fused-ring (bicyclic) bond motifs is 1. The number of nitrogens with zero attached hydrogens (tertiary/aromatic N) is 2. The summed E-state index contributed by atoms with van der Waals surface area (Å²) in [7, 11) is -1.75. The molecule has 0 aliphatic carbocycles. The first-order valence-corrected chi connectivity index (χ1v) is 8.37. The van der Waals surface area contributed by atoms with Crippen LogP contribution >= 0.6 is 0 Å². The molecule has 0 radical (unpaired) electrons. The van der Waals surface area contributed by atoms with E-state index in [1.807, 2.05) is 38.2 Å². The number of sulfonamides is 1. The summed E-state index contributed by atoms with van der Waals surface area (Å²) in [5.41, 5.74) is 8.29. The second-order valence-corrected chi connectivity index (χ2v) is 7.28. The van der Waals surface area contributed by atoms with Crippen molar-refractivity contribution >= 4 is 15.7 Å². The molecule has 2 aromatic rings. The highest BCUT2D eigenvalue weighted by molar-refractivity contribution is 7.92. The SMILES string of the molecule is CC1Cc2ccccc2N1S(=O)(=O)c1cc(CN)n(C)c1. The van der Waals surface area contributed by atoms with Crippen molar-refractivity contribution in [3.8, 4) is 0 Å². The van der Waals surface area contributed by atoms with Gasteiger partial charge in [0.2, 0.25) is 0 Å². The fourth-order valence-corrected chi connectivity index (χ4v) is 4.73. The Morgan fingerprint density at radius 2 is 2.05 bits per heavy atom. The number of aromatic nitrogens is 1. The summed E-state index contributed by atoms with van der Waals surface area (Å²) in [6.07, 6.45) is 2.37. The van der Waals surface area contributed by atoms with Gasteiger partial charge < -0.3 is 10.3 Å². The highest BCUT2D eigenvalue weighted by Crippen LogP contribution is 2.36. The maximum Gasteiger partial charge on any atom is 0.266 e. The molecule has 3 rings (SSSR count). The van der Waals surface area contributed by atoms with Crippen LogP contribution in [-0.2, 0) is 30.0 Å². The summed E-state index contributed by atoms with van der Waals surface area (Å²) < 4.78 is 29.2. The number of benzene rings is 1. The molecular weight excluding hydrogens is 286 g/mol. The van der Waals surface area contributed by atoms with Crippen LogP contribution in [0.2, 0.25) is 0 Å². The molecular formula is C15H19N3O2S. The Bertz CT molecular complexity index is 780. The quantitative estimate of drug-likeness (QED) is 0.937. The minimum absolute atomic E-state index is 0.0751. The van der Waals surface area contributed by atoms with Crippen molar-refractivity contribution in [3.63, 3.8) is 0 Å². The Kier molecular flexibility index (Phi) is 3.30. The lowest BCUT2D eigenvalue weighted by Crippen LogP contribution is -2.35. The number of rotatable bonds is 3. The minimum atomic E-state index is -3.56. The van der Waals surface area contributed by atoms with Crippen LogP contribution in [0.15, 0.2) is 41.4 Å². The standard InChI is InChI=1S/C15H19N3O2S/c1-11-7-12-5-3-4-6-15(12)18(11)21(19,20)14-8-13(9-16)17(2)10-14/h3-6,8,10-11H,7,9,16H2,1-2H3. The van der Waals surface area contributed by atoms with Crippen molar-refractivity contribution in [2.75, 3.05) is 4.31 Å². The van der Waals surface area contributed by atoms with Crippen LogP contribution < -0.4 is 10.0 Å². The molecule has 1 aromatic carbocycles. The van der Waals surface area contributed by atoms with Crippen molar-refractivity contribution in [2.45, 2.75) is 30.8 Å². The van der Waals surface area contributed by atoms with Gasteiger partial charge in [0, 0.05) is 31.5 Å². The van der Waals surface area contributed by atoms with Crippen molar-refractivity contribution in [3.05, 3.63) is 47.8 Å². The predicted molar refractivity (Wildman–Crippen MR) is 82.6 cm³/mol. The van der Waals surface area contributed by atoms with E-state index in [4.69, 9.17) is 5.73 Å². The van der Waals surface area contributed by atoms with Crippen LogP contribution in [0.5, 0.6) is 0 Å². The largest absolute Gasteiger partial charge is 0.352 e. The lowest BCUT2D eigenvalue weighted by molar-refractivity contribution is 0.584. The van der Waals surface area contributed by atoms with Gasteiger partial charge in [-0.15, -0.1) is 0 Å². The van der Waals surface area contributed by atoms with Gasteiger partial charge in [-0.2, -0.15) is 0 Å². The van der Waals surface area contributed by atoms with Crippen molar-refractivity contribution in [1.29, 1.82) is 0 Å². The van der Waals surface area contributed by atoms with Crippen LogP contribution in [0, 0.1) is 0 Å². The molecule has 1 unspecified atom stereocenters. The van der Waals surface area contributed by atoms with Crippen LogP contribution in [0.4, 0.5) is 5.69 Å². The molecule has 0 amide bonds. The third kappa shape index (κ3) is 2.15. The number of hydrogen-bond donors (Lipinski definition) is 1. The summed E-state index contributed by atoms with van der Waals surface area (Å²) in [5, 5.41) is 0. The number of aryl methyl sites for hydroxylation is 1. The Hall–Kier alpha value is -1.79. The van der Waals surface area contributed by atoms with E-state index < -0.39 is 10.0 Å². The Morgan fingerprint density at radius 1 is 1.33 bits per heavy atom. The van der Waals surface area contributed by atoms with E-state index in [0.717, 1.165) is 23.4 Å². The molecule has 21 heavy (non-hydrogen) atoms. The molecule has 6 heteroatoms. The summed E-state index contributed by atoms with van der Waals surface area (Å²) in [6.45, 7) is 2.25. The second-order valence-electron chi connectivity index (χ2n) is 5.46. The molecule has 0 saturated heterocycles. The van der Waals surface area contributed by atoms with Gasteiger partial charge in [0.25, 0.3) is 10.0 Å². The smallest absolute Gasteiger partial charge is 0.266 e. The molecule has 2 heterocycles. The molecule has 0 bridgehead atoms. The molecule has 0 fully saturated rings. The van der Waals surface area contributed by atoms with E-state index in [1.54, 1.807) is 16.8 Å². The third-order valence-corrected chi connectivity index (χ3v) is 5.89. The summed E-state index contributed by atoms with van der Waals surface area (Å²) in [4.78, 5) is 0.300. The highest BCUT2D eigenvalue weighted by Gasteiger charge is 2.36. The Labute approximate surface area is 125 Å². The topological polar surface area (TPSA) is 68.3 Å². The third-order valence-electron chi connectivity index (χ3n) is 3.99. The first kappa shape index (κ1) is 14.2. The Balaban J connectivity index is 2.10. The molecule has 1 aliphatic rings. The van der Waals surface area contributed by atoms with Gasteiger partial charge in [-0.1, -0.05) is 18.2 Å². The van der Waals surface area contributed by atoms with Crippen LogP contribution in [0.3, 0.4) is 0 Å². The number of nitrogens with two attached hydrogens (primary N) is 1. The maximum absolute atomic E-state index is 13.0. The van der Waals surface area contributed by atoms with Gasteiger partial charge in [0.15, 0.2) is 0 Å². The zero-order valence-electron chi connectivity index (χ0n) is 12.2. The van der Waals surface area contributed by atoms with Gasteiger partial charge in [0.05, 0.1) is 5.69 Å². The lowest BCUT2D eigenvalue weighted by atomic mass is 10.1. The molecule has 1 aliphatic heterocycles. The number of anilines is 1. The molecule has 112 valence electrons. The molecule has 2 N–H and O–H groups in total. The van der Waals surface area contributed by atoms with Gasteiger partial charge in [-0.25, -0.2) is 8.42 Å². The van der Waals surface area contributed by atoms with Gasteiger partial charge in [-0.05, 0) is 31.0 Å². The van der Waals surface area contributed by atoms with E-state index in [0.29, 0.717) is 11.4 Å². The summed E-state index contributed by atoms with van der Waals surface area (Å²) in [5.74, 6) is 0. The van der Waals surface area contributed by atoms with E-state index in [1.165, 1.54) is 4.31 Å². The molecule has 0 spiro atoms. The first-order chi connectivity index (χ1) is 9.95.